The molecule has 0 aliphatic carbocycles. The first kappa shape index (κ1) is 12.9. The standard InChI is InChI=1S/C12H21N5O/c1-9(17-8-5-11(13)15-17)12(18)14-10-3-6-16(2)7-4-10/h5,8-10H,3-4,6-7H2,1-2H3,(H2,13,15)(H,14,18). The van der Waals surface area contributed by atoms with Gasteiger partial charge in [-0.1, -0.05) is 0 Å². The summed E-state index contributed by atoms with van der Waals surface area (Å²) in [5, 5.41) is 7.14. The minimum Gasteiger partial charge on any atom is -0.382 e. The van der Waals surface area contributed by atoms with Crippen molar-refractivity contribution in [2.45, 2.75) is 31.8 Å². The summed E-state index contributed by atoms with van der Waals surface area (Å²) in [5.41, 5.74) is 5.55. The highest BCUT2D eigenvalue weighted by Crippen LogP contribution is 2.11. The van der Waals surface area contributed by atoms with Crippen molar-refractivity contribution in [1.82, 2.24) is 20.0 Å². The Morgan fingerprint density at radius 2 is 2.22 bits per heavy atom. The average Bonchev–Trinajstić information content (AvgIpc) is 2.78. The Hall–Kier alpha value is -1.56. The predicted molar refractivity (Wildman–Crippen MR) is 70.0 cm³/mol. The van der Waals surface area contributed by atoms with Crippen molar-refractivity contribution < 1.29 is 4.79 Å². The number of nitrogens with zero attached hydrogens (tertiary/aromatic N) is 3. The lowest BCUT2D eigenvalue weighted by Gasteiger charge is -2.30. The number of carbonyl (C=O) groups excluding carboxylic acids is 1. The fourth-order valence-electron chi connectivity index (χ4n) is 2.16. The molecule has 1 saturated heterocycles. The van der Waals surface area contributed by atoms with Gasteiger partial charge < -0.3 is 16.0 Å². The molecule has 0 aromatic carbocycles. The number of rotatable bonds is 3. The van der Waals surface area contributed by atoms with Crippen LogP contribution in [-0.4, -0.2) is 46.8 Å². The van der Waals surface area contributed by atoms with Crippen molar-refractivity contribution in [1.29, 1.82) is 0 Å². The molecule has 6 nitrogen and oxygen atoms in total. The lowest BCUT2D eigenvalue weighted by Crippen LogP contribution is -2.45. The second-order valence-electron chi connectivity index (χ2n) is 4.98. The number of anilines is 1. The fraction of sp³-hybridized carbons (Fsp3) is 0.667. The van der Waals surface area contributed by atoms with Crippen LogP contribution < -0.4 is 11.1 Å². The van der Waals surface area contributed by atoms with E-state index in [-0.39, 0.29) is 18.0 Å². The summed E-state index contributed by atoms with van der Waals surface area (Å²) in [6.45, 7) is 3.90. The molecule has 0 saturated carbocycles. The van der Waals surface area contributed by atoms with Crippen molar-refractivity contribution in [3.8, 4) is 0 Å². The van der Waals surface area contributed by atoms with Gasteiger partial charge in [0.25, 0.3) is 0 Å². The van der Waals surface area contributed by atoms with Gasteiger partial charge in [-0.15, -0.1) is 0 Å². The Morgan fingerprint density at radius 1 is 1.56 bits per heavy atom. The molecule has 6 heteroatoms. The van der Waals surface area contributed by atoms with E-state index >= 15 is 0 Å². The van der Waals surface area contributed by atoms with Crippen LogP contribution in [0.4, 0.5) is 5.82 Å². The Balaban J connectivity index is 1.88. The molecule has 2 rings (SSSR count). The number of nitrogens with one attached hydrogen (secondary N) is 1. The number of carbonyl (C=O) groups is 1. The Morgan fingerprint density at radius 3 is 2.78 bits per heavy atom. The van der Waals surface area contributed by atoms with Crippen LogP contribution in [0.15, 0.2) is 12.3 Å². The molecular formula is C12H21N5O. The summed E-state index contributed by atoms with van der Waals surface area (Å²) >= 11 is 0. The van der Waals surface area contributed by atoms with E-state index in [2.05, 4.69) is 22.4 Å². The molecule has 1 amide bonds. The van der Waals surface area contributed by atoms with Crippen molar-refractivity contribution >= 4 is 11.7 Å². The molecule has 3 N–H and O–H groups in total. The lowest BCUT2D eigenvalue weighted by molar-refractivity contribution is -0.125. The molecule has 0 spiro atoms. The average molecular weight is 251 g/mol. The first-order valence-corrected chi connectivity index (χ1v) is 6.36. The fourth-order valence-corrected chi connectivity index (χ4v) is 2.16. The number of nitrogens with two attached hydrogens (primary N) is 1. The second kappa shape index (κ2) is 5.39. The smallest absolute Gasteiger partial charge is 0.244 e. The maximum absolute atomic E-state index is 12.1. The third-order valence-corrected chi connectivity index (χ3v) is 3.47. The van der Waals surface area contributed by atoms with E-state index in [1.54, 1.807) is 16.9 Å². The van der Waals surface area contributed by atoms with Crippen LogP contribution in [0.25, 0.3) is 0 Å². The molecule has 2 heterocycles. The monoisotopic (exact) mass is 251 g/mol. The molecule has 0 bridgehead atoms. The van der Waals surface area contributed by atoms with Crippen molar-refractivity contribution in [3.05, 3.63) is 12.3 Å². The summed E-state index contributed by atoms with van der Waals surface area (Å²) in [4.78, 5) is 14.4. The maximum Gasteiger partial charge on any atom is 0.244 e. The van der Waals surface area contributed by atoms with Crippen molar-refractivity contribution in [2.75, 3.05) is 25.9 Å². The third kappa shape index (κ3) is 3.01. The molecule has 1 aromatic heterocycles. The van der Waals surface area contributed by atoms with E-state index in [4.69, 9.17) is 5.73 Å². The molecule has 100 valence electrons. The van der Waals surface area contributed by atoms with Gasteiger partial charge in [-0.25, -0.2) is 0 Å². The van der Waals surface area contributed by atoms with Crippen LogP contribution in [0.1, 0.15) is 25.8 Å². The Bertz CT molecular complexity index is 408. The van der Waals surface area contributed by atoms with Gasteiger partial charge in [0.1, 0.15) is 11.9 Å². The van der Waals surface area contributed by atoms with Crippen LogP contribution in [-0.2, 0) is 4.79 Å². The van der Waals surface area contributed by atoms with E-state index < -0.39 is 0 Å². The summed E-state index contributed by atoms with van der Waals surface area (Å²) in [5.74, 6) is 0.446. The zero-order valence-electron chi connectivity index (χ0n) is 11.0. The predicted octanol–water partition coefficient (Wildman–Crippen LogP) is 0.237. The van der Waals surface area contributed by atoms with E-state index in [1.165, 1.54) is 0 Å². The highest BCUT2D eigenvalue weighted by Gasteiger charge is 2.22. The van der Waals surface area contributed by atoms with Crippen LogP contribution in [0, 0.1) is 0 Å². The summed E-state index contributed by atoms with van der Waals surface area (Å²) in [6, 6.07) is 1.66. The summed E-state index contributed by atoms with van der Waals surface area (Å²) in [6.07, 6.45) is 3.75. The number of aromatic nitrogens is 2. The topological polar surface area (TPSA) is 76.2 Å². The van der Waals surface area contributed by atoms with Gasteiger partial charge in [0, 0.05) is 12.2 Å². The number of amides is 1. The highest BCUT2D eigenvalue weighted by atomic mass is 16.2. The molecule has 1 aliphatic heterocycles. The molecule has 1 fully saturated rings. The van der Waals surface area contributed by atoms with Crippen LogP contribution in [0.2, 0.25) is 0 Å². The summed E-state index contributed by atoms with van der Waals surface area (Å²) < 4.78 is 1.60. The summed E-state index contributed by atoms with van der Waals surface area (Å²) in [7, 11) is 2.10. The van der Waals surface area contributed by atoms with Crippen LogP contribution >= 0.6 is 0 Å². The maximum atomic E-state index is 12.1. The number of nitrogen functional groups attached to an aromatic ring is 1. The SMILES string of the molecule is CC(C(=O)NC1CCN(C)CC1)n1ccc(N)n1. The minimum absolute atomic E-state index is 0.00709. The van der Waals surface area contributed by atoms with Crippen LogP contribution in [0.3, 0.4) is 0 Å². The van der Waals surface area contributed by atoms with E-state index in [0.29, 0.717) is 5.82 Å². The molecule has 1 atom stereocenters. The van der Waals surface area contributed by atoms with E-state index in [9.17, 15) is 4.79 Å². The Kier molecular flexibility index (Phi) is 3.86. The van der Waals surface area contributed by atoms with Crippen molar-refractivity contribution in [2.24, 2.45) is 0 Å². The zero-order chi connectivity index (χ0) is 13.1. The first-order valence-electron chi connectivity index (χ1n) is 6.36. The van der Waals surface area contributed by atoms with Crippen molar-refractivity contribution in [3.63, 3.8) is 0 Å². The number of likely N-dealkylation sites (tertiary alicyclic amines) is 1. The largest absolute Gasteiger partial charge is 0.382 e. The van der Waals surface area contributed by atoms with Gasteiger partial charge in [-0.2, -0.15) is 5.10 Å². The van der Waals surface area contributed by atoms with Gasteiger partial charge in [-0.3, -0.25) is 9.48 Å². The number of hydrogen-bond acceptors (Lipinski definition) is 4. The molecule has 1 aromatic rings. The molecule has 0 radical (unpaired) electrons. The van der Waals surface area contributed by atoms with Gasteiger partial charge in [0.05, 0.1) is 0 Å². The molecule has 1 aliphatic rings. The van der Waals surface area contributed by atoms with E-state index in [1.807, 2.05) is 6.92 Å². The highest BCUT2D eigenvalue weighted by molar-refractivity contribution is 5.80. The first-order chi connectivity index (χ1) is 8.56. The second-order valence-corrected chi connectivity index (χ2v) is 4.98. The molecule has 1 unspecified atom stereocenters. The lowest BCUT2D eigenvalue weighted by atomic mass is 10.1. The zero-order valence-corrected chi connectivity index (χ0v) is 11.0. The number of hydrogen-bond donors (Lipinski definition) is 2. The van der Waals surface area contributed by atoms with E-state index in [0.717, 1.165) is 25.9 Å². The molecular weight excluding hydrogens is 230 g/mol. The Labute approximate surface area is 107 Å². The van der Waals surface area contributed by atoms with Gasteiger partial charge in [0.15, 0.2) is 0 Å². The van der Waals surface area contributed by atoms with Crippen LogP contribution in [0.5, 0.6) is 0 Å². The normalized spacial score (nSPS) is 19.7. The quantitative estimate of drug-likeness (QED) is 0.806. The number of piperidine rings is 1. The minimum atomic E-state index is -0.318. The third-order valence-electron chi connectivity index (χ3n) is 3.47. The van der Waals surface area contributed by atoms with Gasteiger partial charge in [0.2, 0.25) is 5.91 Å². The van der Waals surface area contributed by atoms with Gasteiger partial charge in [-0.05, 0) is 46.0 Å². The van der Waals surface area contributed by atoms with Gasteiger partial charge >= 0.3 is 0 Å². The molecule has 18 heavy (non-hydrogen) atoms.